The zero-order valence-corrected chi connectivity index (χ0v) is 16.3. The second-order valence-corrected chi connectivity index (χ2v) is 7.15. The van der Waals surface area contributed by atoms with Crippen molar-refractivity contribution < 1.29 is 19.1 Å². The molecule has 2 aromatic rings. The van der Waals surface area contributed by atoms with Gasteiger partial charge in [-0.15, -0.1) is 0 Å². The van der Waals surface area contributed by atoms with Gasteiger partial charge in [0.05, 0.1) is 18.4 Å². The molecule has 2 amide bonds. The average Bonchev–Trinajstić information content (AvgIpc) is 2.61. The van der Waals surface area contributed by atoms with E-state index in [4.69, 9.17) is 9.47 Å². The van der Waals surface area contributed by atoms with E-state index in [-0.39, 0.29) is 17.4 Å². The first-order valence-corrected chi connectivity index (χ1v) is 8.73. The van der Waals surface area contributed by atoms with Crippen molar-refractivity contribution in [2.75, 3.05) is 12.4 Å². The van der Waals surface area contributed by atoms with Gasteiger partial charge in [-0.25, -0.2) is 0 Å². The summed E-state index contributed by atoms with van der Waals surface area (Å²) in [5.74, 6) is 0.400. The summed E-state index contributed by atoms with van der Waals surface area (Å²) in [5, 5.41) is 5.66. The van der Waals surface area contributed by atoms with Crippen LogP contribution in [0.1, 0.15) is 38.1 Å². The van der Waals surface area contributed by atoms with Crippen LogP contribution in [0.3, 0.4) is 0 Å². The molecule has 0 aliphatic rings. The molecule has 0 saturated heterocycles. The zero-order chi connectivity index (χ0) is 20.0. The Morgan fingerprint density at radius 3 is 2.19 bits per heavy atom. The molecule has 0 aromatic heterocycles. The van der Waals surface area contributed by atoms with Crippen LogP contribution in [0, 0.1) is 0 Å². The molecule has 0 bridgehead atoms. The van der Waals surface area contributed by atoms with Gasteiger partial charge in [-0.3, -0.25) is 9.59 Å². The fourth-order valence-corrected chi connectivity index (χ4v) is 2.39. The molecular weight excluding hydrogens is 344 g/mol. The van der Waals surface area contributed by atoms with E-state index in [1.165, 1.54) is 7.11 Å². The van der Waals surface area contributed by atoms with Crippen LogP contribution in [0.15, 0.2) is 48.5 Å². The van der Waals surface area contributed by atoms with Crippen molar-refractivity contribution >= 4 is 17.5 Å². The van der Waals surface area contributed by atoms with Gasteiger partial charge in [-0.1, -0.05) is 24.3 Å². The summed E-state index contributed by atoms with van der Waals surface area (Å²) < 4.78 is 10.9. The Morgan fingerprint density at radius 1 is 0.963 bits per heavy atom. The van der Waals surface area contributed by atoms with Crippen LogP contribution in [0.5, 0.6) is 11.5 Å². The van der Waals surface area contributed by atoms with Crippen LogP contribution in [-0.2, 0) is 4.79 Å². The highest BCUT2D eigenvalue weighted by Gasteiger charge is 2.21. The minimum atomic E-state index is -0.778. The summed E-state index contributed by atoms with van der Waals surface area (Å²) in [6, 6.07) is 14.0. The van der Waals surface area contributed by atoms with Crippen molar-refractivity contribution in [2.45, 2.75) is 39.3 Å². The molecule has 0 saturated carbocycles. The average molecular weight is 370 g/mol. The number of benzene rings is 2. The predicted octanol–water partition coefficient (Wildman–Crippen LogP) is 3.63. The minimum absolute atomic E-state index is 0.253. The highest BCUT2D eigenvalue weighted by atomic mass is 16.5. The smallest absolute Gasteiger partial charge is 0.265 e. The monoisotopic (exact) mass is 370 g/mol. The zero-order valence-electron chi connectivity index (χ0n) is 16.3. The standard InChI is InChI=1S/C21H26N2O4/c1-14(27-18-13-9-8-12-17(18)26-5)19(24)22-16-11-7-6-10-15(16)20(25)23-21(2,3)4/h6-14H,1-5H3,(H,22,24)(H,23,25)/t14-/m0/s1. The normalized spacial score (nSPS) is 12.0. The van der Waals surface area contributed by atoms with Gasteiger partial charge in [0.25, 0.3) is 11.8 Å². The third-order valence-corrected chi connectivity index (χ3v) is 3.66. The molecule has 0 unspecified atom stereocenters. The molecule has 2 N–H and O–H groups in total. The quantitative estimate of drug-likeness (QED) is 0.814. The molecule has 2 aromatic carbocycles. The highest BCUT2D eigenvalue weighted by molar-refractivity contribution is 6.04. The lowest BCUT2D eigenvalue weighted by atomic mass is 10.1. The highest BCUT2D eigenvalue weighted by Crippen LogP contribution is 2.27. The molecule has 6 nitrogen and oxygen atoms in total. The number of rotatable bonds is 6. The van der Waals surface area contributed by atoms with Gasteiger partial charge in [0.15, 0.2) is 17.6 Å². The fourth-order valence-electron chi connectivity index (χ4n) is 2.39. The number of hydrogen-bond acceptors (Lipinski definition) is 4. The Hall–Kier alpha value is -3.02. The first-order chi connectivity index (χ1) is 12.7. The van der Waals surface area contributed by atoms with Gasteiger partial charge < -0.3 is 20.1 Å². The molecule has 27 heavy (non-hydrogen) atoms. The molecule has 0 spiro atoms. The van der Waals surface area contributed by atoms with Crippen molar-refractivity contribution in [3.05, 3.63) is 54.1 Å². The summed E-state index contributed by atoms with van der Waals surface area (Å²) in [6.07, 6.45) is -0.778. The first kappa shape index (κ1) is 20.3. The minimum Gasteiger partial charge on any atom is -0.493 e. The van der Waals surface area contributed by atoms with E-state index in [0.29, 0.717) is 22.7 Å². The van der Waals surface area contributed by atoms with E-state index in [1.54, 1.807) is 49.4 Å². The lowest BCUT2D eigenvalue weighted by Crippen LogP contribution is -2.41. The molecule has 6 heteroatoms. The van der Waals surface area contributed by atoms with Crippen LogP contribution in [0.25, 0.3) is 0 Å². The largest absolute Gasteiger partial charge is 0.493 e. The number of anilines is 1. The summed E-state index contributed by atoms with van der Waals surface area (Å²) in [6.45, 7) is 7.33. The molecule has 144 valence electrons. The fraction of sp³-hybridized carbons (Fsp3) is 0.333. The van der Waals surface area contributed by atoms with Crippen LogP contribution < -0.4 is 20.1 Å². The van der Waals surface area contributed by atoms with Crippen molar-refractivity contribution in [1.82, 2.24) is 5.32 Å². The Balaban J connectivity index is 2.12. The Kier molecular flexibility index (Phi) is 6.45. The van der Waals surface area contributed by atoms with E-state index in [9.17, 15) is 9.59 Å². The molecule has 0 heterocycles. The number of carbonyl (C=O) groups excluding carboxylic acids is 2. The molecule has 1 atom stereocenters. The second kappa shape index (κ2) is 8.58. The van der Waals surface area contributed by atoms with Gasteiger partial charge in [-0.05, 0) is 52.0 Å². The number of amides is 2. The summed E-state index contributed by atoms with van der Waals surface area (Å²) in [5.41, 5.74) is 0.444. The van der Waals surface area contributed by atoms with Gasteiger partial charge in [0, 0.05) is 5.54 Å². The number of para-hydroxylation sites is 3. The van der Waals surface area contributed by atoms with Crippen molar-refractivity contribution in [1.29, 1.82) is 0 Å². The Labute approximate surface area is 159 Å². The van der Waals surface area contributed by atoms with Crippen LogP contribution in [-0.4, -0.2) is 30.6 Å². The molecule has 0 fully saturated rings. The third kappa shape index (κ3) is 5.74. The van der Waals surface area contributed by atoms with Gasteiger partial charge in [0.2, 0.25) is 0 Å². The molecular formula is C21H26N2O4. The molecule has 2 rings (SSSR count). The topological polar surface area (TPSA) is 76.7 Å². The third-order valence-electron chi connectivity index (χ3n) is 3.66. The maximum absolute atomic E-state index is 12.6. The van der Waals surface area contributed by atoms with E-state index >= 15 is 0 Å². The number of methoxy groups -OCH3 is 1. The molecule has 0 radical (unpaired) electrons. The van der Waals surface area contributed by atoms with Crippen LogP contribution >= 0.6 is 0 Å². The van der Waals surface area contributed by atoms with E-state index in [0.717, 1.165) is 0 Å². The number of ether oxygens (including phenoxy) is 2. The van der Waals surface area contributed by atoms with Gasteiger partial charge in [0.1, 0.15) is 0 Å². The SMILES string of the molecule is COc1ccccc1O[C@@H](C)C(=O)Nc1ccccc1C(=O)NC(C)(C)C. The predicted molar refractivity (Wildman–Crippen MR) is 105 cm³/mol. The Bertz CT molecular complexity index is 812. The van der Waals surface area contributed by atoms with Gasteiger partial charge in [-0.2, -0.15) is 0 Å². The number of hydrogen-bond donors (Lipinski definition) is 2. The van der Waals surface area contributed by atoms with Crippen LogP contribution in [0.2, 0.25) is 0 Å². The van der Waals surface area contributed by atoms with Gasteiger partial charge >= 0.3 is 0 Å². The lowest BCUT2D eigenvalue weighted by molar-refractivity contribution is -0.122. The maximum Gasteiger partial charge on any atom is 0.265 e. The summed E-state index contributed by atoms with van der Waals surface area (Å²) in [4.78, 5) is 25.1. The molecule has 0 aliphatic heterocycles. The van der Waals surface area contributed by atoms with E-state index < -0.39 is 6.10 Å². The maximum atomic E-state index is 12.6. The van der Waals surface area contributed by atoms with Crippen molar-refractivity contribution in [3.63, 3.8) is 0 Å². The van der Waals surface area contributed by atoms with Crippen LogP contribution in [0.4, 0.5) is 5.69 Å². The lowest BCUT2D eigenvalue weighted by Gasteiger charge is -2.22. The second-order valence-electron chi connectivity index (χ2n) is 7.15. The summed E-state index contributed by atoms with van der Waals surface area (Å²) in [7, 11) is 1.54. The van der Waals surface area contributed by atoms with Crippen molar-refractivity contribution in [2.24, 2.45) is 0 Å². The van der Waals surface area contributed by atoms with E-state index in [2.05, 4.69) is 10.6 Å². The first-order valence-electron chi connectivity index (χ1n) is 8.73. The van der Waals surface area contributed by atoms with E-state index in [1.807, 2.05) is 26.8 Å². The Morgan fingerprint density at radius 2 is 1.56 bits per heavy atom. The molecule has 0 aliphatic carbocycles. The summed E-state index contributed by atoms with van der Waals surface area (Å²) >= 11 is 0. The number of nitrogens with one attached hydrogen (secondary N) is 2. The number of carbonyl (C=O) groups is 2. The van der Waals surface area contributed by atoms with Crippen molar-refractivity contribution in [3.8, 4) is 11.5 Å².